The lowest BCUT2D eigenvalue weighted by Gasteiger charge is -2.29. The summed E-state index contributed by atoms with van der Waals surface area (Å²) in [5.41, 5.74) is 6.64. The monoisotopic (exact) mass is 468 g/mol. The van der Waals surface area contributed by atoms with E-state index in [-0.39, 0.29) is 12.3 Å². The number of nitrogens with zero attached hydrogens (tertiary/aromatic N) is 1. The van der Waals surface area contributed by atoms with E-state index in [9.17, 15) is 29.4 Å². The lowest BCUT2D eigenvalue weighted by atomic mass is 9.96. The smallest absolute Gasteiger partial charge is 0.328 e. The van der Waals surface area contributed by atoms with Crippen molar-refractivity contribution in [3.63, 3.8) is 0 Å². The van der Waals surface area contributed by atoms with Crippen LogP contribution in [0.15, 0.2) is 12.5 Å². The maximum Gasteiger partial charge on any atom is 0.328 e. The number of amides is 3. The molecule has 186 valence electrons. The number of H-pyrrole nitrogens is 1. The molecule has 12 heteroatoms. The number of aliphatic carboxylic acids is 1. The van der Waals surface area contributed by atoms with Crippen molar-refractivity contribution in [1.29, 1.82) is 0 Å². The number of aliphatic hydroxyl groups excluding tert-OH is 1. The van der Waals surface area contributed by atoms with Crippen molar-refractivity contribution in [2.75, 3.05) is 0 Å². The highest BCUT2D eigenvalue weighted by Gasteiger charge is 2.34. The van der Waals surface area contributed by atoms with Crippen molar-refractivity contribution in [3.05, 3.63) is 18.2 Å². The molecule has 12 nitrogen and oxygen atoms in total. The average molecular weight is 469 g/mol. The van der Waals surface area contributed by atoms with Gasteiger partial charge in [-0.1, -0.05) is 34.1 Å². The lowest BCUT2D eigenvalue weighted by Crippen LogP contribution is -2.60. The molecule has 0 radical (unpaired) electrons. The van der Waals surface area contributed by atoms with E-state index in [1.165, 1.54) is 13.3 Å². The quantitative estimate of drug-likeness (QED) is 0.189. The van der Waals surface area contributed by atoms with Gasteiger partial charge in [0.15, 0.2) is 6.04 Å². The van der Waals surface area contributed by atoms with Gasteiger partial charge >= 0.3 is 5.97 Å². The molecule has 0 saturated carbocycles. The molecule has 0 bridgehead atoms. The molecule has 0 fully saturated rings. The fourth-order valence-corrected chi connectivity index (χ4v) is 3.10. The topological polar surface area (TPSA) is 200 Å². The van der Waals surface area contributed by atoms with Gasteiger partial charge in [-0.2, -0.15) is 0 Å². The minimum absolute atomic E-state index is 0.202. The van der Waals surface area contributed by atoms with E-state index >= 15 is 0 Å². The molecule has 1 heterocycles. The van der Waals surface area contributed by atoms with Crippen molar-refractivity contribution < 1.29 is 29.4 Å². The van der Waals surface area contributed by atoms with Gasteiger partial charge in [-0.15, -0.1) is 0 Å². The summed E-state index contributed by atoms with van der Waals surface area (Å²) in [5.74, 6) is -3.94. The summed E-state index contributed by atoms with van der Waals surface area (Å²) in [6.07, 6.45) is 2.45. The van der Waals surface area contributed by atoms with Crippen LogP contribution in [-0.4, -0.2) is 74.1 Å². The molecular formula is C21H36N6O6. The van der Waals surface area contributed by atoms with Crippen LogP contribution in [0.1, 0.15) is 46.7 Å². The number of nitrogens with one attached hydrogen (secondary N) is 4. The van der Waals surface area contributed by atoms with Crippen molar-refractivity contribution in [2.24, 2.45) is 17.6 Å². The number of rotatable bonds is 13. The fourth-order valence-electron chi connectivity index (χ4n) is 3.10. The summed E-state index contributed by atoms with van der Waals surface area (Å²) in [5, 5.41) is 26.3. The van der Waals surface area contributed by atoms with Gasteiger partial charge < -0.3 is 36.9 Å². The third-order valence-electron chi connectivity index (χ3n) is 5.42. The normalized spacial score (nSPS) is 16.7. The Morgan fingerprint density at radius 3 is 2.00 bits per heavy atom. The Morgan fingerprint density at radius 2 is 1.55 bits per heavy atom. The van der Waals surface area contributed by atoms with E-state index in [0.29, 0.717) is 12.1 Å². The fraction of sp³-hybridized carbons (Fsp3) is 0.667. The molecule has 0 aromatic carbocycles. The maximum absolute atomic E-state index is 13.1. The van der Waals surface area contributed by atoms with Crippen LogP contribution in [0.5, 0.6) is 0 Å². The number of aliphatic hydroxyl groups is 1. The van der Waals surface area contributed by atoms with Crippen LogP contribution in [0.25, 0.3) is 0 Å². The first kappa shape index (κ1) is 28.0. The van der Waals surface area contributed by atoms with Crippen LogP contribution in [0.4, 0.5) is 0 Å². The van der Waals surface area contributed by atoms with Crippen molar-refractivity contribution >= 4 is 23.7 Å². The van der Waals surface area contributed by atoms with Crippen LogP contribution in [0.3, 0.4) is 0 Å². The second-order valence-corrected chi connectivity index (χ2v) is 8.55. The molecule has 0 aliphatic heterocycles. The minimum Gasteiger partial charge on any atom is -0.480 e. The predicted octanol–water partition coefficient (Wildman–Crippen LogP) is -1.10. The van der Waals surface area contributed by atoms with Crippen LogP contribution in [-0.2, 0) is 25.6 Å². The molecule has 0 saturated heterocycles. The number of aromatic nitrogens is 2. The number of carboxylic acid groups (broad SMARTS) is 1. The number of carbonyl (C=O) groups excluding carboxylic acids is 3. The zero-order valence-electron chi connectivity index (χ0n) is 19.7. The number of carbonyl (C=O) groups is 4. The summed E-state index contributed by atoms with van der Waals surface area (Å²) < 4.78 is 0. The molecular weight excluding hydrogens is 432 g/mol. The molecule has 6 unspecified atom stereocenters. The third kappa shape index (κ3) is 8.46. The largest absolute Gasteiger partial charge is 0.480 e. The Hall–Kier alpha value is -2.99. The molecule has 0 aliphatic carbocycles. The van der Waals surface area contributed by atoms with E-state index in [4.69, 9.17) is 5.73 Å². The summed E-state index contributed by atoms with van der Waals surface area (Å²) in [6.45, 7) is 8.24. The standard InChI is InChI=1S/C21H36N6O6/c1-6-11(4)16(26-18(29)14(22)7-13-8-23-9-24-13)20(31)25-15(10(2)3)19(30)27-17(12(5)28)21(32)33/h8-12,14-17,28H,6-7,22H2,1-5H3,(H,23,24)(H,25,31)(H,26,29)(H,27,30)(H,32,33). The van der Waals surface area contributed by atoms with Crippen LogP contribution < -0.4 is 21.7 Å². The van der Waals surface area contributed by atoms with Crippen LogP contribution in [0.2, 0.25) is 0 Å². The van der Waals surface area contributed by atoms with Crippen LogP contribution in [0, 0.1) is 11.8 Å². The number of hydrogen-bond acceptors (Lipinski definition) is 7. The van der Waals surface area contributed by atoms with Crippen molar-refractivity contribution in [3.8, 4) is 0 Å². The molecule has 1 aromatic heterocycles. The molecule has 33 heavy (non-hydrogen) atoms. The summed E-state index contributed by atoms with van der Waals surface area (Å²) in [7, 11) is 0. The summed E-state index contributed by atoms with van der Waals surface area (Å²) >= 11 is 0. The van der Waals surface area contributed by atoms with Crippen molar-refractivity contribution in [1.82, 2.24) is 25.9 Å². The third-order valence-corrected chi connectivity index (χ3v) is 5.42. The van der Waals surface area contributed by atoms with E-state index in [1.807, 2.05) is 6.92 Å². The second kappa shape index (κ2) is 12.9. The van der Waals surface area contributed by atoms with E-state index in [0.717, 1.165) is 0 Å². The van der Waals surface area contributed by atoms with Crippen LogP contribution >= 0.6 is 0 Å². The first-order valence-corrected chi connectivity index (χ1v) is 10.9. The highest BCUT2D eigenvalue weighted by molar-refractivity contribution is 5.94. The molecule has 3 amide bonds. The van der Waals surface area contributed by atoms with Gasteiger partial charge in [0, 0.05) is 18.3 Å². The average Bonchev–Trinajstić information content (AvgIpc) is 3.25. The van der Waals surface area contributed by atoms with E-state index in [2.05, 4.69) is 25.9 Å². The highest BCUT2D eigenvalue weighted by atomic mass is 16.4. The Kier molecular flexibility index (Phi) is 11.0. The number of hydrogen-bond donors (Lipinski definition) is 7. The minimum atomic E-state index is -1.53. The summed E-state index contributed by atoms with van der Waals surface area (Å²) in [4.78, 5) is 56.4. The van der Waals surface area contributed by atoms with Gasteiger partial charge in [-0.05, 0) is 18.8 Å². The highest BCUT2D eigenvalue weighted by Crippen LogP contribution is 2.11. The number of aromatic amines is 1. The van der Waals surface area contributed by atoms with E-state index in [1.54, 1.807) is 27.0 Å². The Bertz CT molecular complexity index is 797. The molecule has 1 rings (SSSR count). The molecule has 8 N–H and O–H groups in total. The Labute approximate surface area is 193 Å². The summed E-state index contributed by atoms with van der Waals surface area (Å²) in [6, 6.07) is -4.49. The second-order valence-electron chi connectivity index (χ2n) is 8.55. The van der Waals surface area contributed by atoms with Gasteiger partial charge in [0.1, 0.15) is 12.1 Å². The van der Waals surface area contributed by atoms with Gasteiger partial charge in [-0.3, -0.25) is 14.4 Å². The molecule has 0 aliphatic rings. The zero-order chi connectivity index (χ0) is 25.3. The predicted molar refractivity (Wildman–Crippen MR) is 120 cm³/mol. The van der Waals surface area contributed by atoms with Crippen molar-refractivity contribution in [2.45, 2.75) is 77.7 Å². The maximum atomic E-state index is 13.1. The van der Waals surface area contributed by atoms with E-state index < -0.39 is 59.9 Å². The molecule has 0 spiro atoms. The number of imidazole rings is 1. The Balaban J connectivity index is 2.93. The first-order valence-electron chi connectivity index (χ1n) is 10.9. The van der Waals surface area contributed by atoms with Gasteiger partial charge in [0.25, 0.3) is 0 Å². The SMILES string of the molecule is CCC(C)C(NC(=O)C(N)Cc1cnc[nH]1)C(=O)NC(C(=O)NC(C(=O)O)C(C)O)C(C)C. The van der Waals surface area contributed by atoms with Gasteiger partial charge in [0.05, 0.1) is 18.5 Å². The zero-order valence-corrected chi connectivity index (χ0v) is 19.7. The Morgan fingerprint density at radius 1 is 1.00 bits per heavy atom. The molecule has 1 aromatic rings. The van der Waals surface area contributed by atoms with Gasteiger partial charge in [-0.25, -0.2) is 9.78 Å². The molecule has 6 atom stereocenters. The van der Waals surface area contributed by atoms with Gasteiger partial charge in [0.2, 0.25) is 17.7 Å². The number of nitrogens with two attached hydrogens (primary N) is 1. The number of carboxylic acids is 1. The lowest BCUT2D eigenvalue weighted by molar-refractivity contribution is -0.145. The first-order chi connectivity index (χ1) is 15.4.